The standard InChI is InChI=1S/C31H42FN3O4/c1-3-34-19-10-6-4-5-7-11-21-38-28-22-35(23-29(28)39-27-13-9-8-12-26(27)31(34)37)30(36)18-20-33(2)25-16-14-24(32)15-17-25/h8-9,12-17,28-29H,3-7,10-11,18-23H2,1-2H3/t28-,29-/m1/s1. The minimum absolute atomic E-state index is 0.0209. The van der Waals surface area contributed by atoms with E-state index in [1.54, 1.807) is 12.1 Å². The Morgan fingerprint density at radius 1 is 0.974 bits per heavy atom. The van der Waals surface area contributed by atoms with Crippen molar-refractivity contribution >= 4 is 17.5 Å². The van der Waals surface area contributed by atoms with Gasteiger partial charge in [-0.3, -0.25) is 9.59 Å². The van der Waals surface area contributed by atoms with Crippen molar-refractivity contribution in [3.63, 3.8) is 0 Å². The first-order valence-corrected chi connectivity index (χ1v) is 14.4. The Bertz CT molecular complexity index is 1080. The predicted molar refractivity (Wildman–Crippen MR) is 151 cm³/mol. The van der Waals surface area contributed by atoms with E-state index in [2.05, 4.69) is 0 Å². The van der Waals surface area contributed by atoms with Crippen LogP contribution in [0.3, 0.4) is 0 Å². The Labute approximate surface area is 231 Å². The highest BCUT2D eigenvalue weighted by Gasteiger charge is 2.38. The highest BCUT2D eigenvalue weighted by Crippen LogP contribution is 2.27. The number of carbonyl (C=O) groups is 2. The lowest BCUT2D eigenvalue weighted by molar-refractivity contribution is -0.130. The third-order valence-corrected chi connectivity index (χ3v) is 7.72. The maximum absolute atomic E-state index is 13.4. The molecule has 0 N–H and O–H groups in total. The van der Waals surface area contributed by atoms with Crippen molar-refractivity contribution in [3.05, 3.63) is 59.9 Å². The normalized spacial score (nSPS) is 21.2. The van der Waals surface area contributed by atoms with Crippen molar-refractivity contribution in [3.8, 4) is 5.75 Å². The van der Waals surface area contributed by atoms with E-state index >= 15 is 0 Å². The topological polar surface area (TPSA) is 62.3 Å². The average molecular weight is 540 g/mol. The fraction of sp³-hybridized carbons (Fsp3) is 0.548. The first-order valence-electron chi connectivity index (χ1n) is 14.4. The number of nitrogens with zero attached hydrogens (tertiary/aromatic N) is 3. The fourth-order valence-corrected chi connectivity index (χ4v) is 5.30. The van der Waals surface area contributed by atoms with Crippen molar-refractivity contribution < 1.29 is 23.5 Å². The van der Waals surface area contributed by atoms with Crippen LogP contribution in [0.25, 0.3) is 0 Å². The molecule has 2 heterocycles. The van der Waals surface area contributed by atoms with Gasteiger partial charge in [-0.2, -0.15) is 0 Å². The number of benzene rings is 2. The van der Waals surface area contributed by atoms with E-state index in [0.717, 1.165) is 50.8 Å². The van der Waals surface area contributed by atoms with Gasteiger partial charge >= 0.3 is 0 Å². The molecule has 0 saturated carbocycles. The molecule has 0 bridgehead atoms. The maximum Gasteiger partial charge on any atom is 0.257 e. The number of ether oxygens (including phenoxy) is 2. The Kier molecular flexibility index (Phi) is 10.6. The molecule has 1 saturated heterocycles. The largest absolute Gasteiger partial charge is 0.485 e. The molecule has 1 fully saturated rings. The number of halogens is 1. The molecule has 2 amide bonds. The van der Waals surface area contributed by atoms with Gasteiger partial charge in [-0.25, -0.2) is 4.39 Å². The zero-order valence-corrected chi connectivity index (χ0v) is 23.3. The second-order valence-corrected chi connectivity index (χ2v) is 10.5. The van der Waals surface area contributed by atoms with Gasteiger partial charge in [0.15, 0.2) is 0 Å². The van der Waals surface area contributed by atoms with E-state index in [4.69, 9.17) is 9.47 Å². The molecule has 0 spiro atoms. The minimum atomic E-state index is -0.360. The lowest BCUT2D eigenvalue weighted by atomic mass is 10.1. The second-order valence-electron chi connectivity index (χ2n) is 10.5. The Balaban J connectivity index is 1.45. The lowest BCUT2D eigenvalue weighted by Gasteiger charge is -2.25. The number of hydrogen-bond donors (Lipinski definition) is 0. The minimum Gasteiger partial charge on any atom is -0.485 e. The summed E-state index contributed by atoms with van der Waals surface area (Å²) in [4.78, 5) is 32.3. The molecule has 2 aromatic rings. The third-order valence-electron chi connectivity index (χ3n) is 7.72. The number of likely N-dealkylation sites (tertiary alicyclic amines) is 1. The van der Waals surface area contributed by atoms with Crippen LogP contribution in [0.15, 0.2) is 48.5 Å². The Morgan fingerprint density at radius 2 is 1.67 bits per heavy atom. The molecule has 0 aromatic heterocycles. The van der Waals surface area contributed by atoms with E-state index in [9.17, 15) is 14.0 Å². The summed E-state index contributed by atoms with van der Waals surface area (Å²) in [6.07, 6.45) is 6.22. The molecule has 2 aromatic carbocycles. The summed E-state index contributed by atoms with van der Waals surface area (Å²) in [6, 6.07) is 13.7. The third kappa shape index (κ3) is 7.94. The van der Waals surface area contributed by atoms with E-state index in [0.29, 0.717) is 50.5 Å². The molecule has 39 heavy (non-hydrogen) atoms. The molecule has 7 nitrogen and oxygen atoms in total. The summed E-state index contributed by atoms with van der Waals surface area (Å²) in [5.74, 6) is 0.260. The van der Waals surface area contributed by atoms with Gasteiger partial charge in [-0.05, 0) is 56.2 Å². The predicted octanol–water partition coefficient (Wildman–Crippen LogP) is 5.14. The monoisotopic (exact) mass is 539 g/mol. The van der Waals surface area contributed by atoms with Crippen molar-refractivity contribution in [2.45, 2.75) is 64.1 Å². The summed E-state index contributed by atoms with van der Waals surface area (Å²) in [7, 11) is 1.90. The molecule has 212 valence electrons. The van der Waals surface area contributed by atoms with Crippen LogP contribution >= 0.6 is 0 Å². The van der Waals surface area contributed by atoms with Gasteiger partial charge < -0.3 is 24.2 Å². The molecule has 2 atom stereocenters. The van der Waals surface area contributed by atoms with E-state index < -0.39 is 0 Å². The summed E-state index contributed by atoms with van der Waals surface area (Å²) in [5, 5.41) is 0. The molecule has 0 unspecified atom stereocenters. The van der Waals surface area contributed by atoms with Crippen LogP contribution in [0.4, 0.5) is 10.1 Å². The van der Waals surface area contributed by atoms with Crippen molar-refractivity contribution in [2.75, 3.05) is 51.3 Å². The number of para-hydroxylation sites is 1. The van der Waals surface area contributed by atoms with Crippen LogP contribution < -0.4 is 9.64 Å². The van der Waals surface area contributed by atoms with Gasteiger partial charge in [0.2, 0.25) is 5.91 Å². The molecule has 2 aliphatic heterocycles. The van der Waals surface area contributed by atoms with Crippen LogP contribution in [0.2, 0.25) is 0 Å². The fourth-order valence-electron chi connectivity index (χ4n) is 5.30. The number of carbonyl (C=O) groups excluding carboxylic acids is 2. The number of amides is 2. The Morgan fingerprint density at radius 3 is 2.44 bits per heavy atom. The van der Waals surface area contributed by atoms with Crippen LogP contribution in [-0.4, -0.2) is 80.2 Å². The first-order chi connectivity index (χ1) is 19.0. The van der Waals surface area contributed by atoms with Gasteiger partial charge in [0.05, 0.1) is 18.7 Å². The second kappa shape index (κ2) is 14.3. The smallest absolute Gasteiger partial charge is 0.257 e. The van der Waals surface area contributed by atoms with Gasteiger partial charge in [-0.1, -0.05) is 37.8 Å². The lowest BCUT2D eigenvalue weighted by Crippen LogP contribution is -2.35. The highest BCUT2D eigenvalue weighted by atomic mass is 19.1. The summed E-state index contributed by atoms with van der Waals surface area (Å²) < 4.78 is 26.0. The maximum atomic E-state index is 13.4. The SMILES string of the molecule is CCN1CCCCCCCCO[C@@H]2CN(C(=O)CCN(C)c3ccc(F)cc3)C[C@H]2Oc2ccccc2C1=O. The number of anilines is 1. The molecule has 0 aliphatic carbocycles. The number of rotatable bonds is 5. The van der Waals surface area contributed by atoms with Gasteiger partial charge in [0, 0.05) is 45.4 Å². The van der Waals surface area contributed by atoms with Crippen molar-refractivity contribution in [1.82, 2.24) is 9.80 Å². The molecular formula is C31H42FN3O4. The molecule has 4 rings (SSSR count). The van der Waals surface area contributed by atoms with Gasteiger partial charge in [0.1, 0.15) is 23.8 Å². The first kappa shape index (κ1) is 28.9. The summed E-state index contributed by atoms with van der Waals surface area (Å²) >= 11 is 0. The Hall–Kier alpha value is -3.13. The van der Waals surface area contributed by atoms with Crippen LogP contribution in [-0.2, 0) is 9.53 Å². The average Bonchev–Trinajstić information content (AvgIpc) is 3.35. The zero-order chi connectivity index (χ0) is 27.6. The van der Waals surface area contributed by atoms with Gasteiger partial charge in [-0.15, -0.1) is 0 Å². The molecule has 8 heteroatoms. The number of fused-ring (bicyclic) bond motifs is 2. The summed E-state index contributed by atoms with van der Waals surface area (Å²) in [6.45, 7) is 5.42. The van der Waals surface area contributed by atoms with Crippen LogP contribution in [0.5, 0.6) is 5.75 Å². The van der Waals surface area contributed by atoms with E-state index in [-0.39, 0.29) is 29.8 Å². The van der Waals surface area contributed by atoms with Crippen LogP contribution in [0, 0.1) is 5.82 Å². The molecule has 2 aliphatic rings. The highest BCUT2D eigenvalue weighted by molar-refractivity contribution is 5.97. The van der Waals surface area contributed by atoms with Gasteiger partial charge in [0.25, 0.3) is 5.91 Å². The quantitative estimate of drug-likeness (QED) is 0.526. The summed E-state index contributed by atoms with van der Waals surface area (Å²) in [5.41, 5.74) is 1.41. The van der Waals surface area contributed by atoms with Crippen LogP contribution in [0.1, 0.15) is 62.2 Å². The molecule has 0 radical (unpaired) electrons. The molecular weight excluding hydrogens is 497 g/mol. The van der Waals surface area contributed by atoms with E-state index in [1.165, 1.54) is 12.1 Å². The zero-order valence-electron chi connectivity index (χ0n) is 23.3. The van der Waals surface area contributed by atoms with Crippen molar-refractivity contribution in [2.24, 2.45) is 0 Å². The number of hydrogen-bond acceptors (Lipinski definition) is 5. The van der Waals surface area contributed by atoms with Crippen molar-refractivity contribution in [1.29, 1.82) is 0 Å². The van der Waals surface area contributed by atoms with E-state index in [1.807, 2.05) is 52.9 Å².